The summed E-state index contributed by atoms with van der Waals surface area (Å²) in [5, 5.41) is 0.880. The molecule has 0 spiro atoms. The van der Waals surface area contributed by atoms with Gasteiger partial charge in [-0.05, 0) is 29.9 Å². The van der Waals surface area contributed by atoms with Gasteiger partial charge in [-0.3, -0.25) is 4.79 Å². The number of ketones is 1. The first-order valence-corrected chi connectivity index (χ1v) is 6.93. The highest BCUT2D eigenvalue weighted by Gasteiger charge is 2.21. The number of carbonyl (C=O) groups excluding carboxylic acids is 1. The molecule has 18 heavy (non-hydrogen) atoms. The molecule has 1 nitrogen and oxygen atoms in total. The normalized spacial score (nSPS) is 13.4. The van der Waals surface area contributed by atoms with Crippen LogP contribution in [0.15, 0.2) is 18.2 Å². The molecule has 0 saturated heterocycles. The van der Waals surface area contributed by atoms with Crippen molar-refractivity contribution in [3.8, 4) is 0 Å². The van der Waals surface area contributed by atoms with Crippen LogP contribution in [0, 0.1) is 11.3 Å². The predicted octanol–water partition coefficient (Wildman–Crippen LogP) is 5.64. The van der Waals surface area contributed by atoms with E-state index in [1.54, 1.807) is 18.2 Å². The first-order chi connectivity index (χ1) is 8.20. The second kappa shape index (κ2) is 6.08. The van der Waals surface area contributed by atoms with Gasteiger partial charge in [-0.25, -0.2) is 0 Å². The van der Waals surface area contributed by atoms with E-state index in [4.69, 9.17) is 23.2 Å². The Hall–Kier alpha value is -0.530. The van der Waals surface area contributed by atoms with Crippen molar-refractivity contribution < 1.29 is 4.79 Å². The second-order valence-electron chi connectivity index (χ2n) is 6.09. The molecule has 1 aromatic carbocycles. The first kappa shape index (κ1) is 15.5. The quantitative estimate of drug-likeness (QED) is 0.655. The zero-order valence-electron chi connectivity index (χ0n) is 11.4. The summed E-state index contributed by atoms with van der Waals surface area (Å²) >= 11 is 12.1. The molecule has 0 heterocycles. The minimum atomic E-state index is 0.0300. The van der Waals surface area contributed by atoms with Gasteiger partial charge in [0.1, 0.15) is 0 Å². The van der Waals surface area contributed by atoms with Gasteiger partial charge in [-0.1, -0.05) is 57.0 Å². The molecular weight excluding hydrogens is 267 g/mol. The zero-order chi connectivity index (χ0) is 13.9. The molecule has 0 bridgehead atoms. The van der Waals surface area contributed by atoms with Crippen LogP contribution in [0.2, 0.25) is 10.0 Å². The van der Waals surface area contributed by atoms with E-state index < -0.39 is 0 Å². The number of benzene rings is 1. The summed E-state index contributed by atoms with van der Waals surface area (Å²) in [7, 11) is 0. The summed E-state index contributed by atoms with van der Waals surface area (Å²) in [6.07, 6.45) is 1.49. The Morgan fingerprint density at radius 1 is 1.22 bits per heavy atom. The van der Waals surface area contributed by atoms with Crippen LogP contribution in [0.3, 0.4) is 0 Å². The van der Waals surface area contributed by atoms with Crippen LogP contribution in [0.1, 0.15) is 50.9 Å². The Kier molecular flexibility index (Phi) is 5.24. The highest BCUT2D eigenvalue weighted by atomic mass is 35.5. The van der Waals surface area contributed by atoms with Gasteiger partial charge in [-0.2, -0.15) is 0 Å². The fourth-order valence-corrected chi connectivity index (χ4v) is 2.91. The third-order valence-electron chi connectivity index (χ3n) is 2.74. The van der Waals surface area contributed by atoms with Crippen LogP contribution in [0.4, 0.5) is 0 Å². The smallest absolute Gasteiger partial charge is 0.166 e. The van der Waals surface area contributed by atoms with Gasteiger partial charge < -0.3 is 0 Å². The van der Waals surface area contributed by atoms with Crippen LogP contribution in [0.5, 0.6) is 0 Å². The molecule has 0 saturated carbocycles. The maximum absolute atomic E-state index is 12.2. The minimum Gasteiger partial charge on any atom is -0.294 e. The van der Waals surface area contributed by atoms with E-state index in [0.717, 1.165) is 6.42 Å². The van der Waals surface area contributed by atoms with Crippen molar-refractivity contribution in [3.63, 3.8) is 0 Å². The molecule has 0 N–H and O–H groups in total. The first-order valence-electron chi connectivity index (χ1n) is 6.18. The summed E-state index contributed by atoms with van der Waals surface area (Å²) in [6.45, 7) is 8.62. The molecule has 3 heteroatoms. The van der Waals surface area contributed by atoms with Gasteiger partial charge in [0, 0.05) is 6.42 Å². The third-order valence-corrected chi connectivity index (χ3v) is 3.37. The average Bonchev–Trinajstić information content (AvgIpc) is 2.13. The zero-order valence-corrected chi connectivity index (χ0v) is 12.9. The molecule has 0 aliphatic carbocycles. The van der Waals surface area contributed by atoms with E-state index in [-0.39, 0.29) is 11.2 Å². The van der Waals surface area contributed by atoms with Crippen molar-refractivity contribution in [2.75, 3.05) is 0 Å². The van der Waals surface area contributed by atoms with Crippen molar-refractivity contribution in [2.24, 2.45) is 11.3 Å². The summed E-state index contributed by atoms with van der Waals surface area (Å²) in [4.78, 5) is 12.2. The minimum absolute atomic E-state index is 0.0300. The number of hydrogen-bond acceptors (Lipinski definition) is 1. The monoisotopic (exact) mass is 286 g/mol. The number of rotatable bonds is 4. The number of Topliss-reactive ketones (excluding diaryl/α,β-unsaturated/α-hetero) is 1. The van der Waals surface area contributed by atoms with Crippen molar-refractivity contribution in [2.45, 2.75) is 40.5 Å². The highest BCUT2D eigenvalue weighted by Crippen LogP contribution is 2.30. The molecule has 0 aliphatic rings. The predicted molar refractivity (Wildman–Crippen MR) is 78.6 cm³/mol. The van der Waals surface area contributed by atoms with Gasteiger partial charge in [0.25, 0.3) is 0 Å². The maximum atomic E-state index is 12.2. The topological polar surface area (TPSA) is 17.1 Å². The molecule has 0 radical (unpaired) electrons. The van der Waals surface area contributed by atoms with Crippen LogP contribution >= 0.6 is 23.2 Å². The molecule has 0 aliphatic heterocycles. The summed E-state index contributed by atoms with van der Waals surface area (Å²) in [5.41, 5.74) is 0.686. The van der Waals surface area contributed by atoms with Crippen LogP contribution in [-0.2, 0) is 0 Å². The number of carbonyl (C=O) groups is 1. The Morgan fingerprint density at radius 2 is 1.72 bits per heavy atom. The SMILES string of the molecule is C[C@H](CC(=O)c1c(Cl)cccc1Cl)CC(C)(C)C. The second-order valence-corrected chi connectivity index (χ2v) is 6.91. The van der Waals surface area contributed by atoms with Crippen molar-refractivity contribution in [3.05, 3.63) is 33.8 Å². The number of hydrogen-bond donors (Lipinski definition) is 0. The van der Waals surface area contributed by atoms with E-state index in [0.29, 0.717) is 27.9 Å². The summed E-state index contributed by atoms with van der Waals surface area (Å²) in [6, 6.07) is 5.16. The Morgan fingerprint density at radius 3 is 2.17 bits per heavy atom. The molecule has 0 aromatic heterocycles. The van der Waals surface area contributed by atoms with E-state index >= 15 is 0 Å². The molecule has 100 valence electrons. The van der Waals surface area contributed by atoms with Gasteiger partial charge in [-0.15, -0.1) is 0 Å². The van der Waals surface area contributed by atoms with E-state index in [1.165, 1.54) is 0 Å². The van der Waals surface area contributed by atoms with Gasteiger partial charge in [0.15, 0.2) is 5.78 Å². The average molecular weight is 287 g/mol. The van der Waals surface area contributed by atoms with E-state index in [9.17, 15) is 4.79 Å². The van der Waals surface area contributed by atoms with Gasteiger partial charge >= 0.3 is 0 Å². The lowest BCUT2D eigenvalue weighted by atomic mass is 9.83. The molecule has 0 fully saturated rings. The van der Waals surface area contributed by atoms with Crippen LogP contribution in [-0.4, -0.2) is 5.78 Å². The summed E-state index contributed by atoms with van der Waals surface area (Å²) in [5.74, 6) is 0.354. The fraction of sp³-hybridized carbons (Fsp3) is 0.533. The molecule has 0 amide bonds. The maximum Gasteiger partial charge on any atom is 0.166 e. The van der Waals surface area contributed by atoms with E-state index in [1.807, 2.05) is 0 Å². The van der Waals surface area contributed by atoms with Crippen LogP contribution < -0.4 is 0 Å². The lowest BCUT2D eigenvalue weighted by Crippen LogP contribution is -2.14. The standard InChI is InChI=1S/C15H20Cl2O/c1-10(9-15(2,3)4)8-13(18)14-11(16)6-5-7-12(14)17/h5-7,10H,8-9H2,1-4H3/t10-/m1/s1. The molecular formula is C15H20Cl2O. The molecule has 1 atom stereocenters. The highest BCUT2D eigenvalue weighted by molar-refractivity contribution is 6.39. The molecule has 0 unspecified atom stereocenters. The Balaban J connectivity index is 2.77. The number of halogens is 2. The Bertz CT molecular complexity index is 412. The fourth-order valence-electron chi connectivity index (χ4n) is 2.30. The third kappa shape index (κ3) is 4.62. The van der Waals surface area contributed by atoms with Crippen LogP contribution in [0.25, 0.3) is 0 Å². The molecule has 1 rings (SSSR count). The van der Waals surface area contributed by atoms with E-state index in [2.05, 4.69) is 27.7 Å². The van der Waals surface area contributed by atoms with Crippen molar-refractivity contribution >= 4 is 29.0 Å². The lowest BCUT2D eigenvalue weighted by Gasteiger charge is -2.22. The summed E-state index contributed by atoms with van der Waals surface area (Å²) < 4.78 is 0. The lowest BCUT2D eigenvalue weighted by molar-refractivity contribution is 0.0954. The van der Waals surface area contributed by atoms with Gasteiger partial charge in [0.2, 0.25) is 0 Å². The largest absolute Gasteiger partial charge is 0.294 e. The molecule has 1 aromatic rings. The van der Waals surface area contributed by atoms with Gasteiger partial charge in [0.05, 0.1) is 15.6 Å². The van der Waals surface area contributed by atoms with Crippen molar-refractivity contribution in [1.29, 1.82) is 0 Å². The van der Waals surface area contributed by atoms with Crippen molar-refractivity contribution in [1.82, 2.24) is 0 Å². The Labute approximate surface area is 119 Å².